The van der Waals surface area contributed by atoms with Gasteiger partial charge in [0.1, 0.15) is 0 Å². The minimum atomic E-state index is 1.13. The summed E-state index contributed by atoms with van der Waals surface area (Å²) in [5.74, 6) is 0. The molecule has 2 heteroatoms. The van der Waals surface area contributed by atoms with E-state index in [9.17, 15) is 0 Å². The first-order valence-corrected chi connectivity index (χ1v) is 17.2. The van der Waals surface area contributed by atoms with Gasteiger partial charge in [0.15, 0.2) is 0 Å². The number of fused-ring (bicyclic) bond motifs is 9. The SMILES string of the molecule is c1ccc2c(c1)ccc1ccc(N(c3ccc(-c4ccc5sc6ccccc6c5c4)cc3)c3cccc4c3ccc3ccccc34)cc12. The van der Waals surface area contributed by atoms with Crippen molar-refractivity contribution in [3.8, 4) is 11.1 Å². The van der Waals surface area contributed by atoms with Gasteiger partial charge in [-0.1, -0.05) is 127 Å². The molecule has 1 nitrogen and oxygen atoms in total. The van der Waals surface area contributed by atoms with E-state index in [-0.39, 0.29) is 0 Å². The Morgan fingerprint density at radius 3 is 1.71 bits per heavy atom. The van der Waals surface area contributed by atoms with E-state index in [0.717, 1.165) is 17.1 Å². The number of anilines is 3. The van der Waals surface area contributed by atoms with Crippen molar-refractivity contribution in [2.45, 2.75) is 0 Å². The lowest BCUT2D eigenvalue weighted by Gasteiger charge is -2.28. The normalized spacial score (nSPS) is 11.8. The lowest BCUT2D eigenvalue weighted by atomic mass is 9.98. The van der Waals surface area contributed by atoms with Crippen molar-refractivity contribution >= 4 is 91.7 Å². The Morgan fingerprint density at radius 2 is 0.896 bits per heavy atom. The standard InChI is InChI=1S/C46H29NS/c1-3-10-37-32(9-1)21-26-40-39(37)13-7-14-44(40)47(36-25-20-33-17-16-31-8-2-4-11-38(31)42(33)29-36)35-23-18-30(19-24-35)34-22-27-46-43(28-34)41-12-5-6-15-45(41)48-46/h1-29H. The molecule has 0 amide bonds. The van der Waals surface area contributed by atoms with Crippen molar-refractivity contribution in [2.24, 2.45) is 0 Å². The van der Waals surface area contributed by atoms with Crippen LogP contribution in [0.3, 0.4) is 0 Å². The summed E-state index contributed by atoms with van der Waals surface area (Å²) >= 11 is 1.86. The maximum Gasteiger partial charge on any atom is 0.0540 e. The number of nitrogens with zero attached hydrogens (tertiary/aromatic N) is 1. The molecule has 1 heterocycles. The van der Waals surface area contributed by atoms with Crippen LogP contribution in [0.25, 0.3) is 74.4 Å². The van der Waals surface area contributed by atoms with Crippen LogP contribution >= 0.6 is 11.3 Å². The smallest absolute Gasteiger partial charge is 0.0540 e. The van der Waals surface area contributed by atoms with Gasteiger partial charge in [-0.3, -0.25) is 0 Å². The van der Waals surface area contributed by atoms with Gasteiger partial charge in [-0.05, 0) is 97.4 Å². The Balaban J connectivity index is 1.17. The number of hydrogen-bond donors (Lipinski definition) is 0. The van der Waals surface area contributed by atoms with Crippen LogP contribution in [0.5, 0.6) is 0 Å². The summed E-state index contributed by atoms with van der Waals surface area (Å²) in [5, 5.41) is 12.7. The van der Waals surface area contributed by atoms with Gasteiger partial charge in [-0.25, -0.2) is 0 Å². The highest BCUT2D eigenvalue weighted by atomic mass is 32.1. The number of rotatable bonds is 4. The molecule has 1 aromatic heterocycles. The van der Waals surface area contributed by atoms with E-state index >= 15 is 0 Å². The fourth-order valence-corrected chi connectivity index (χ4v) is 8.57. The highest BCUT2D eigenvalue weighted by Gasteiger charge is 2.18. The Labute approximate surface area is 282 Å². The fraction of sp³-hybridized carbons (Fsp3) is 0. The molecule has 0 aliphatic carbocycles. The molecule has 0 atom stereocenters. The number of hydrogen-bond acceptors (Lipinski definition) is 2. The maximum atomic E-state index is 2.43. The van der Waals surface area contributed by atoms with E-state index in [4.69, 9.17) is 0 Å². The van der Waals surface area contributed by atoms with Crippen molar-refractivity contribution in [3.05, 3.63) is 176 Å². The van der Waals surface area contributed by atoms with Gasteiger partial charge in [-0.2, -0.15) is 0 Å². The van der Waals surface area contributed by atoms with Crippen LogP contribution in [0.15, 0.2) is 176 Å². The van der Waals surface area contributed by atoms with Crippen LogP contribution in [-0.2, 0) is 0 Å². The second kappa shape index (κ2) is 10.8. The molecular weight excluding hydrogens is 599 g/mol. The van der Waals surface area contributed by atoms with Gasteiger partial charge < -0.3 is 4.90 Å². The first-order chi connectivity index (χ1) is 23.8. The average molecular weight is 628 g/mol. The van der Waals surface area contributed by atoms with Gasteiger partial charge in [0.25, 0.3) is 0 Å². The zero-order chi connectivity index (χ0) is 31.6. The molecule has 0 saturated heterocycles. The lowest BCUT2D eigenvalue weighted by Crippen LogP contribution is -2.10. The molecule has 0 bridgehead atoms. The van der Waals surface area contributed by atoms with Crippen molar-refractivity contribution in [3.63, 3.8) is 0 Å². The van der Waals surface area contributed by atoms with Crippen molar-refractivity contribution in [1.29, 1.82) is 0 Å². The monoisotopic (exact) mass is 627 g/mol. The largest absolute Gasteiger partial charge is 0.310 e. The predicted molar refractivity (Wildman–Crippen MR) is 209 cm³/mol. The molecule has 0 unspecified atom stereocenters. The van der Waals surface area contributed by atoms with Gasteiger partial charge in [-0.15, -0.1) is 11.3 Å². The van der Waals surface area contributed by atoms with Gasteiger partial charge in [0.2, 0.25) is 0 Å². The van der Waals surface area contributed by atoms with E-state index in [1.165, 1.54) is 74.4 Å². The average Bonchev–Trinajstić information content (AvgIpc) is 3.53. The third-order valence-electron chi connectivity index (χ3n) is 9.83. The maximum absolute atomic E-state index is 2.43. The second-order valence-corrected chi connectivity index (χ2v) is 13.6. The molecule has 0 N–H and O–H groups in total. The topological polar surface area (TPSA) is 3.24 Å². The summed E-state index contributed by atoms with van der Waals surface area (Å²) < 4.78 is 2.66. The molecule has 0 spiro atoms. The summed E-state index contributed by atoms with van der Waals surface area (Å²) in [7, 11) is 0. The molecule has 10 rings (SSSR count). The lowest BCUT2D eigenvalue weighted by molar-refractivity contribution is 1.30. The minimum Gasteiger partial charge on any atom is -0.310 e. The second-order valence-electron chi connectivity index (χ2n) is 12.5. The van der Waals surface area contributed by atoms with Gasteiger partial charge in [0.05, 0.1) is 5.69 Å². The van der Waals surface area contributed by atoms with E-state index < -0.39 is 0 Å². The van der Waals surface area contributed by atoms with Crippen molar-refractivity contribution in [2.75, 3.05) is 4.90 Å². The minimum absolute atomic E-state index is 1.13. The quantitative estimate of drug-likeness (QED) is 0.176. The van der Waals surface area contributed by atoms with Gasteiger partial charge in [0, 0.05) is 36.9 Å². The predicted octanol–water partition coefficient (Wildman–Crippen LogP) is 13.8. The molecule has 0 radical (unpaired) electrons. The van der Waals surface area contributed by atoms with Crippen LogP contribution in [0, 0.1) is 0 Å². The Hall–Kier alpha value is -5.96. The van der Waals surface area contributed by atoms with E-state index in [1.54, 1.807) is 0 Å². The van der Waals surface area contributed by atoms with Crippen LogP contribution in [-0.4, -0.2) is 0 Å². The molecule has 224 valence electrons. The van der Waals surface area contributed by atoms with Crippen LogP contribution in [0.1, 0.15) is 0 Å². The summed E-state index contributed by atoms with van der Waals surface area (Å²) in [6, 6.07) is 64.6. The number of thiophene rings is 1. The molecule has 0 fully saturated rings. The molecule has 48 heavy (non-hydrogen) atoms. The highest BCUT2D eigenvalue weighted by molar-refractivity contribution is 7.25. The Morgan fingerprint density at radius 1 is 0.312 bits per heavy atom. The van der Waals surface area contributed by atoms with Crippen molar-refractivity contribution in [1.82, 2.24) is 0 Å². The fourth-order valence-electron chi connectivity index (χ4n) is 7.48. The third kappa shape index (κ3) is 4.31. The number of benzene rings is 9. The third-order valence-corrected chi connectivity index (χ3v) is 11.0. The first-order valence-electron chi connectivity index (χ1n) is 16.4. The van der Waals surface area contributed by atoms with E-state index in [0.29, 0.717) is 0 Å². The van der Waals surface area contributed by atoms with E-state index in [1.807, 2.05) is 11.3 Å². The zero-order valence-electron chi connectivity index (χ0n) is 26.1. The molecule has 0 aliphatic heterocycles. The Kier molecular flexibility index (Phi) is 6.12. The Bertz CT molecular complexity index is 2840. The summed E-state index contributed by atoms with van der Waals surface area (Å²) in [5.41, 5.74) is 5.87. The summed E-state index contributed by atoms with van der Waals surface area (Å²) in [6.45, 7) is 0. The van der Waals surface area contributed by atoms with Crippen LogP contribution in [0.4, 0.5) is 17.1 Å². The zero-order valence-corrected chi connectivity index (χ0v) is 26.9. The molecule has 0 aliphatic rings. The summed E-state index contributed by atoms with van der Waals surface area (Å²) in [6.07, 6.45) is 0. The molecule has 10 aromatic rings. The molecule has 9 aromatic carbocycles. The van der Waals surface area contributed by atoms with Crippen LogP contribution in [0.2, 0.25) is 0 Å². The summed E-state index contributed by atoms with van der Waals surface area (Å²) in [4.78, 5) is 2.43. The first kappa shape index (κ1) is 27.2. The van der Waals surface area contributed by atoms with Crippen LogP contribution < -0.4 is 4.90 Å². The van der Waals surface area contributed by atoms with Crippen molar-refractivity contribution < 1.29 is 0 Å². The molecule has 0 saturated carbocycles. The van der Waals surface area contributed by atoms with E-state index in [2.05, 4.69) is 181 Å². The molecular formula is C46H29NS. The van der Waals surface area contributed by atoms with Gasteiger partial charge >= 0.3 is 0 Å². The highest BCUT2D eigenvalue weighted by Crippen LogP contribution is 2.43.